The Kier molecular flexibility index (Phi) is 14.3. The summed E-state index contributed by atoms with van der Waals surface area (Å²) in [7, 11) is 0. The van der Waals surface area contributed by atoms with Gasteiger partial charge in [-0.1, -0.05) is 11.6 Å². The third-order valence-corrected chi connectivity index (χ3v) is 0.386. The van der Waals surface area contributed by atoms with E-state index >= 15 is 0 Å². The van der Waals surface area contributed by atoms with Gasteiger partial charge in [0.15, 0.2) is 0 Å². The Morgan fingerprint density at radius 1 is 1.56 bits per heavy atom. The number of hydrogen-bond acceptors (Lipinski definition) is 2. The van der Waals surface area contributed by atoms with Crippen LogP contribution in [0.1, 0.15) is 0 Å². The van der Waals surface area contributed by atoms with Crippen molar-refractivity contribution < 1.29 is 45.6 Å². The third-order valence-electron chi connectivity index (χ3n) is 0.386. The van der Waals surface area contributed by atoms with E-state index in [9.17, 15) is 4.79 Å². The van der Waals surface area contributed by atoms with Gasteiger partial charge in [-0.2, -0.15) is 0 Å². The molecular weight excluding hydrogens is 464 g/mol. The number of amides is 1. The third kappa shape index (κ3) is 8.02. The molecule has 0 aliphatic heterocycles. The molecule has 0 aliphatic rings. The summed E-state index contributed by atoms with van der Waals surface area (Å²) in [4.78, 5) is 9.77. The van der Waals surface area contributed by atoms with Crippen molar-refractivity contribution in [3.8, 4) is 6.07 Å². The quantitative estimate of drug-likeness (QED) is 0.317. The van der Waals surface area contributed by atoms with Crippen molar-refractivity contribution in [2.24, 2.45) is 5.73 Å². The molecule has 2 radical (unpaired) electrons. The smallest absolute Gasteiger partial charge is 0.141 e. The van der Waals surface area contributed by atoms with Gasteiger partial charge in [-0.05, 0) is 0 Å². The van der Waals surface area contributed by atoms with Crippen molar-refractivity contribution in [2.45, 2.75) is 0 Å². The Hall–Kier alpha value is 0.0247. The average molecular weight is 467 g/mol. The minimum absolute atomic E-state index is 0. The van der Waals surface area contributed by atoms with Crippen LogP contribution in [0.2, 0.25) is 0 Å². The number of nitriles is 1. The molecule has 0 aromatic carbocycles. The van der Waals surface area contributed by atoms with Crippen LogP contribution in [-0.2, 0) is 45.6 Å². The van der Waals surface area contributed by atoms with Gasteiger partial charge in [-0.15, -0.1) is 0 Å². The molecule has 0 spiro atoms. The summed E-state index contributed by atoms with van der Waals surface area (Å²) in [6.45, 7) is 4.70. The van der Waals surface area contributed by atoms with E-state index in [1.165, 1.54) is 6.07 Å². The second kappa shape index (κ2) is 8.02. The topological polar surface area (TPSA) is 66.9 Å². The first kappa shape index (κ1) is 16.0. The summed E-state index contributed by atoms with van der Waals surface area (Å²) < 4.78 is 0. The van der Waals surface area contributed by atoms with Crippen molar-refractivity contribution in [1.82, 2.24) is 0 Å². The van der Waals surface area contributed by atoms with Crippen LogP contribution in [0, 0.1) is 17.9 Å². The fourth-order valence-electron chi connectivity index (χ4n) is 0.0551. The summed E-state index contributed by atoms with van der Waals surface area (Å²) in [5.74, 6) is -0.873. The number of rotatable bonds is 1. The van der Waals surface area contributed by atoms with Crippen molar-refractivity contribution >= 4 is 5.91 Å². The van der Waals surface area contributed by atoms with Crippen LogP contribution < -0.4 is 5.73 Å². The predicted molar refractivity (Wildman–Crippen MR) is 22.6 cm³/mol. The zero-order chi connectivity index (χ0) is 5.86. The van der Waals surface area contributed by atoms with Crippen LogP contribution in [0.15, 0.2) is 5.57 Å². The molecule has 50 valence electrons. The van der Waals surface area contributed by atoms with E-state index in [0.717, 1.165) is 0 Å². The first-order valence-corrected chi connectivity index (χ1v) is 1.51. The fraction of sp³-hybridized carbons (Fsp3) is 0. The molecule has 0 atom stereocenters. The molecule has 0 aromatic heterocycles. The molecule has 0 fully saturated rings. The number of primary amides is 1. The molecule has 0 unspecified atom stereocenters. The number of nitrogens with zero attached hydrogens (tertiary/aromatic N) is 1. The first-order chi connectivity index (χ1) is 3.18. The Morgan fingerprint density at radius 3 is 1.89 bits per heavy atom. The summed E-state index contributed by atoms with van der Waals surface area (Å²) >= 11 is 0. The van der Waals surface area contributed by atoms with Crippen LogP contribution >= 0.6 is 0 Å². The molecule has 2 N–H and O–H groups in total. The normalized spacial score (nSPS) is 5.22. The minimum Gasteiger partial charge on any atom is -0.417 e. The van der Waals surface area contributed by atoms with Crippen LogP contribution in [-0.4, -0.2) is 5.91 Å². The standard InChI is InChI=1S/C4H3N2O.2Re/c1-3(2-5)4(6)7;;/h1H,(H2,6,7);;/q-1;;. The van der Waals surface area contributed by atoms with E-state index in [1.54, 1.807) is 0 Å². The molecule has 0 saturated carbocycles. The van der Waals surface area contributed by atoms with Crippen LogP contribution in [0.25, 0.3) is 0 Å². The van der Waals surface area contributed by atoms with E-state index in [-0.39, 0.29) is 40.8 Å². The SMILES string of the molecule is [CH-]=C(C#N)C(N)=O.[Re].[Re]. The second-order valence-corrected chi connectivity index (χ2v) is 0.890. The molecule has 0 saturated heterocycles. The van der Waals surface area contributed by atoms with Crippen molar-refractivity contribution in [3.63, 3.8) is 0 Å². The van der Waals surface area contributed by atoms with E-state index in [1.807, 2.05) is 0 Å². The van der Waals surface area contributed by atoms with Crippen LogP contribution in [0.4, 0.5) is 0 Å². The Bertz CT molecular complexity index is 149. The van der Waals surface area contributed by atoms with E-state index in [4.69, 9.17) is 11.8 Å². The maximum atomic E-state index is 9.77. The Morgan fingerprint density at radius 2 is 1.89 bits per heavy atom. The van der Waals surface area contributed by atoms with Gasteiger partial charge in [-0.25, -0.2) is 6.58 Å². The molecule has 0 bridgehead atoms. The molecule has 1 amide bonds. The minimum atomic E-state index is -0.873. The van der Waals surface area contributed by atoms with Gasteiger partial charge in [0.05, 0.1) is 0 Å². The number of carbonyl (C=O) groups excluding carboxylic acids is 1. The van der Waals surface area contributed by atoms with E-state index in [2.05, 4.69) is 5.73 Å². The van der Waals surface area contributed by atoms with Crippen LogP contribution in [0.5, 0.6) is 0 Å². The molecule has 0 aromatic rings. The van der Waals surface area contributed by atoms with Gasteiger partial charge in [0, 0.05) is 40.8 Å². The van der Waals surface area contributed by atoms with Gasteiger partial charge in [-0.3, -0.25) is 5.26 Å². The number of nitrogens with two attached hydrogens (primary N) is 1. The largest absolute Gasteiger partial charge is 0.417 e. The monoisotopic (exact) mass is 469 g/mol. The summed E-state index contributed by atoms with van der Waals surface area (Å²) in [5.41, 5.74) is 4.06. The fourth-order valence-corrected chi connectivity index (χ4v) is 0.0551. The second-order valence-electron chi connectivity index (χ2n) is 0.890. The predicted octanol–water partition coefficient (Wildman–Crippen LogP) is -0.650. The first-order valence-electron chi connectivity index (χ1n) is 1.51. The zero-order valence-electron chi connectivity index (χ0n) is 4.27. The average Bonchev–Trinajstić information content (AvgIpc) is 1.65. The van der Waals surface area contributed by atoms with Gasteiger partial charge < -0.3 is 10.5 Å². The van der Waals surface area contributed by atoms with Gasteiger partial charge in [0.1, 0.15) is 5.91 Å². The van der Waals surface area contributed by atoms with Crippen LogP contribution in [0.3, 0.4) is 0 Å². The van der Waals surface area contributed by atoms with Crippen molar-refractivity contribution in [3.05, 3.63) is 12.2 Å². The molecule has 0 aliphatic carbocycles. The van der Waals surface area contributed by atoms with Gasteiger partial charge in [0.25, 0.3) is 0 Å². The van der Waals surface area contributed by atoms with Crippen molar-refractivity contribution in [2.75, 3.05) is 0 Å². The maximum absolute atomic E-state index is 9.77. The number of carbonyl (C=O) groups is 1. The summed E-state index contributed by atoms with van der Waals surface area (Å²) in [6, 6.07) is 1.38. The van der Waals surface area contributed by atoms with E-state index < -0.39 is 11.5 Å². The van der Waals surface area contributed by atoms with Gasteiger partial charge in [0.2, 0.25) is 0 Å². The summed E-state index contributed by atoms with van der Waals surface area (Å²) in [6.07, 6.45) is 0. The Labute approximate surface area is 80.6 Å². The van der Waals surface area contributed by atoms with Crippen molar-refractivity contribution in [1.29, 1.82) is 5.26 Å². The maximum Gasteiger partial charge on any atom is 0.141 e. The molecule has 5 heteroatoms. The summed E-state index contributed by atoms with van der Waals surface area (Å²) in [5, 5.41) is 7.79. The Balaban J connectivity index is -0.000000180. The molecule has 0 rings (SSSR count). The zero-order valence-corrected chi connectivity index (χ0v) is 9.70. The van der Waals surface area contributed by atoms with Gasteiger partial charge >= 0.3 is 0 Å². The molecule has 0 heterocycles. The molecule has 3 nitrogen and oxygen atoms in total. The molecule has 9 heavy (non-hydrogen) atoms. The molecular formula is C4H3N2ORe2-. The number of hydrogen-bond donors (Lipinski definition) is 1. The van der Waals surface area contributed by atoms with E-state index in [0.29, 0.717) is 0 Å².